The largest absolute Gasteiger partial charge is 0.344 e. The second-order valence-corrected chi connectivity index (χ2v) is 12.6. The van der Waals surface area contributed by atoms with Gasteiger partial charge in [-0.2, -0.15) is 4.31 Å². The second kappa shape index (κ2) is 11.9. The second-order valence-electron chi connectivity index (χ2n) is 10.3. The zero-order chi connectivity index (χ0) is 28.3. The van der Waals surface area contributed by atoms with E-state index in [2.05, 4.69) is 10.6 Å². The summed E-state index contributed by atoms with van der Waals surface area (Å²) in [5.74, 6) is -1.17. The van der Waals surface area contributed by atoms with Crippen LogP contribution in [0, 0.1) is 5.92 Å². The van der Waals surface area contributed by atoms with Crippen LogP contribution in [0.15, 0.2) is 59.5 Å². The number of Topliss-reactive ketones (excluding diaryl/α,β-unsaturated/α-hetero) is 1. The summed E-state index contributed by atoms with van der Waals surface area (Å²) in [6.45, 7) is 3.66. The van der Waals surface area contributed by atoms with Crippen LogP contribution in [0.1, 0.15) is 43.6 Å². The lowest BCUT2D eigenvalue weighted by atomic mass is 10.0. The van der Waals surface area contributed by atoms with Crippen molar-refractivity contribution in [1.29, 1.82) is 0 Å². The number of sulfonamides is 1. The van der Waals surface area contributed by atoms with Gasteiger partial charge in [0.25, 0.3) is 5.91 Å². The van der Waals surface area contributed by atoms with E-state index in [1.165, 1.54) is 12.1 Å². The van der Waals surface area contributed by atoms with Crippen LogP contribution in [-0.4, -0.2) is 60.1 Å². The summed E-state index contributed by atoms with van der Waals surface area (Å²) in [7, 11) is -2.14. The molecule has 0 spiro atoms. The van der Waals surface area contributed by atoms with Crippen molar-refractivity contribution in [3.63, 3.8) is 0 Å². The Hall–Kier alpha value is -3.21. The number of rotatable bonds is 8. The number of hydrogen-bond donors (Lipinski definition) is 2. The van der Waals surface area contributed by atoms with Gasteiger partial charge >= 0.3 is 0 Å². The predicted molar refractivity (Wildman–Crippen MR) is 150 cm³/mol. The van der Waals surface area contributed by atoms with Gasteiger partial charge < -0.3 is 15.2 Å². The summed E-state index contributed by atoms with van der Waals surface area (Å²) < 4.78 is 29.1. The fourth-order valence-corrected chi connectivity index (χ4v) is 6.59. The average molecular weight is 573 g/mol. The highest BCUT2D eigenvalue weighted by Gasteiger charge is 2.34. The van der Waals surface area contributed by atoms with Crippen LogP contribution in [0.5, 0.6) is 0 Å². The van der Waals surface area contributed by atoms with E-state index in [1.807, 2.05) is 38.1 Å². The fourth-order valence-electron chi connectivity index (χ4n) is 4.84. The molecule has 39 heavy (non-hydrogen) atoms. The quantitative estimate of drug-likeness (QED) is 0.428. The maximum Gasteiger partial charge on any atom is 0.268 e. The summed E-state index contributed by atoms with van der Waals surface area (Å²) in [6, 6.07) is 13.6. The highest BCUT2D eigenvalue weighted by atomic mass is 35.5. The van der Waals surface area contributed by atoms with Crippen molar-refractivity contribution in [3.8, 4) is 0 Å². The molecule has 0 bridgehead atoms. The van der Waals surface area contributed by atoms with Crippen molar-refractivity contribution in [2.75, 3.05) is 13.1 Å². The topological polar surface area (TPSA) is 118 Å². The van der Waals surface area contributed by atoms with E-state index in [0.29, 0.717) is 18.5 Å². The number of nitrogens with zero attached hydrogens (tertiary/aromatic N) is 2. The van der Waals surface area contributed by atoms with E-state index in [4.69, 9.17) is 11.6 Å². The number of fused-ring (bicyclic) bond motifs is 1. The summed E-state index contributed by atoms with van der Waals surface area (Å²) in [5, 5.41) is 6.82. The fraction of sp³-hybridized carbons (Fsp3) is 0.393. The van der Waals surface area contributed by atoms with E-state index in [1.54, 1.807) is 29.8 Å². The third kappa shape index (κ3) is 6.51. The molecular formula is C28H33ClN4O5S. The van der Waals surface area contributed by atoms with Crippen LogP contribution >= 0.6 is 11.6 Å². The molecule has 11 heteroatoms. The molecule has 2 amide bonds. The number of para-hydroxylation sites is 1. The van der Waals surface area contributed by atoms with Gasteiger partial charge in [0, 0.05) is 29.5 Å². The minimum Gasteiger partial charge on any atom is -0.344 e. The first-order valence-electron chi connectivity index (χ1n) is 12.9. The minimum absolute atomic E-state index is 0.0123. The number of halogens is 1. The number of hydrogen-bond acceptors (Lipinski definition) is 5. The molecule has 4 rings (SSSR count). The van der Waals surface area contributed by atoms with Crippen molar-refractivity contribution in [3.05, 3.63) is 65.3 Å². The van der Waals surface area contributed by atoms with Crippen LogP contribution in [0.25, 0.3) is 10.9 Å². The predicted octanol–water partition coefficient (Wildman–Crippen LogP) is 3.51. The Kier molecular flexibility index (Phi) is 8.78. The van der Waals surface area contributed by atoms with Gasteiger partial charge in [-0.1, -0.05) is 49.7 Å². The number of carbonyl (C=O) groups excluding carboxylic acids is 3. The molecule has 2 N–H and O–H groups in total. The Morgan fingerprint density at radius 2 is 1.85 bits per heavy atom. The monoisotopic (exact) mass is 572 g/mol. The first-order valence-corrected chi connectivity index (χ1v) is 14.7. The van der Waals surface area contributed by atoms with Gasteiger partial charge in [-0.15, -0.1) is 0 Å². The molecule has 2 heterocycles. The normalized spacial score (nSPS) is 17.7. The van der Waals surface area contributed by atoms with E-state index < -0.39 is 33.8 Å². The third-order valence-electron chi connectivity index (χ3n) is 6.88. The molecule has 3 aromatic rings. The molecule has 1 aliphatic heterocycles. The minimum atomic E-state index is -3.93. The highest BCUT2D eigenvalue weighted by Crippen LogP contribution is 2.23. The number of nitrogens with one attached hydrogen (secondary N) is 2. The number of benzene rings is 2. The van der Waals surface area contributed by atoms with Crippen LogP contribution in [0.3, 0.4) is 0 Å². The van der Waals surface area contributed by atoms with Crippen molar-refractivity contribution >= 4 is 50.1 Å². The number of ketones is 1. The smallest absolute Gasteiger partial charge is 0.268 e. The molecule has 1 unspecified atom stereocenters. The number of carbonyl (C=O) groups is 3. The average Bonchev–Trinajstić information content (AvgIpc) is 3.11. The Morgan fingerprint density at radius 3 is 2.54 bits per heavy atom. The van der Waals surface area contributed by atoms with Gasteiger partial charge in [0.2, 0.25) is 15.9 Å². The van der Waals surface area contributed by atoms with Gasteiger partial charge in [0.05, 0.1) is 17.5 Å². The highest BCUT2D eigenvalue weighted by molar-refractivity contribution is 7.89. The van der Waals surface area contributed by atoms with Crippen molar-refractivity contribution in [2.45, 2.75) is 50.1 Å². The molecule has 0 aliphatic carbocycles. The molecule has 1 saturated heterocycles. The lowest BCUT2D eigenvalue weighted by Crippen LogP contribution is -2.52. The lowest BCUT2D eigenvalue weighted by molar-refractivity contribution is -0.129. The van der Waals surface area contributed by atoms with E-state index in [0.717, 1.165) is 15.2 Å². The van der Waals surface area contributed by atoms with Gasteiger partial charge in [0.15, 0.2) is 5.78 Å². The summed E-state index contributed by atoms with van der Waals surface area (Å²) in [6.07, 6.45) is 1.04. The van der Waals surface area contributed by atoms with Gasteiger partial charge in [-0.3, -0.25) is 14.4 Å². The molecule has 208 valence electrons. The SMILES string of the molecule is CC(C)C[C@H](NC(=O)c1cc2ccccc2n1C)C(=O)NC1CCCN(S(=O)(=O)c2cccc(Cl)c2)CC1=O. The molecule has 1 fully saturated rings. The van der Waals surface area contributed by atoms with Crippen molar-refractivity contribution in [1.82, 2.24) is 19.5 Å². The molecule has 1 aliphatic rings. The maximum absolute atomic E-state index is 13.3. The zero-order valence-corrected chi connectivity index (χ0v) is 23.8. The molecule has 0 radical (unpaired) electrons. The Bertz CT molecular complexity index is 1500. The van der Waals surface area contributed by atoms with E-state index in [-0.39, 0.29) is 41.3 Å². The number of aromatic nitrogens is 1. The molecule has 0 saturated carbocycles. The Labute approximate surface area is 233 Å². The zero-order valence-electron chi connectivity index (χ0n) is 22.2. The van der Waals surface area contributed by atoms with E-state index >= 15 is 0 Å². The maximum atomic E-state index is 13.3. The summed E-state index contributed by atoms with van der Waals surface area (Å²) >= 11 is 5.97. The molecule has 2 atom stereocenters. The first kappa shape index (κ1) is 28.8. The molecule has 1 aromatic heterocycles. The van der Waals surface area contributed by atoms with Crippen LogP contribution in [0.2, 0.25) is 5.02 Å². The van der Waals surface area contributed by atoms with Crippen LogP contribution in [0.4, 0.5) is 0 Å². The Balaban J connectivity index is 1.46. The molecule has 9 nitrogen and oxygen atoms in total. The van der Waals surface area contributed by atoms with Crippen LogP contribution in [-0.2, 0) is 26.7 Å². The first-order chi connectivity index (χ1) is 18.5. The molecule has 2 aromatic carbocycles. The van der Waals surface area contributed by atoms with Crippen LogP contribution < -0.4 is 10.6 Å². The van der Waals surface area contributed by atoms with Gasteiger partial charge in [-0.25, -0.2) is 8.42 Å². The number of amides is 2. The summed E-state index contributed by atoms with van der Waals surface area (Å²) in [4.78, 5) is 39.6. The van der Waals surface area contributed by atoms with Gasteiger partial charge in [-0.05, 0) is 55.5 Å². The van der Waals surface area contributed by atoms with Crippen molar-refractivity contribution in [2.24, 2.45) is 13.0 Å². The number of aryl methyl sites for hydroxylation is 1. The third-order valence-corrected chi connectivity index (χ3v) is 8.96. The Morgan fingerprint density at radius 1 is 1.10 bits per heavy atom. The standard InChI is InChI=1S/C28H33ClN4O5S/c1-18(2)14-23(31-28(36)25-15-19-8-4-5-12-24(19)32(25)3)27(35)30-22-11-7-13-33(17-26(22)34)39(37,38)21-10-6-9-20(29)16-21/h4-6,8-10,12,15-16,18,22-23H,7,11,13-14,17H2,1-3H3,(H,30,35)(H,31,36)/t22?,23-/m0/s1. The van der Waals surface area contributed by atoms with E-state index in [9.17, 15) is 22.8 Å². The lowest BCUT2D eigenvalue weighted by Gasteiger charge is -2.23. The molecular weight excluding hydrogens is 540 g/mol. The summed E-state index contributed by atoms with van der Waals surface area (Å²) in [5.41, 5.74) is 1.32. The van der Waals surface area contributed by atoms with Crippen molar-refractivity contribution < 1.29 is 22.8 Å². The van der Waals surface area contributed by atoms with Gasteiger partial charge in [0.1, 0.15) is 11.7 Å².